The number of carbonyl (C=O) groups is 1. The number of nitrogens with zero attached hydrogens (tertiary/aromatic N) is 2. The summed E-state index contributed by atoms with van der Waals surface area (Å²) in [4.78, 5) is 26.4. The molecule has 0 spiro atoms. The van der Waals surface area contributed by atoms with E-state index in [1.54, 1.807) is 13.1 Å². The Labute approximate surface area is 114 Å². The van der Waals surface area contributed by atoms with Gasteiger partial charge >= 0.3 is 0 Å². The summed E-state index contributed by atoms with van der Waals surface area (Å²) < 4.78 is 6.86. The molecule has 1 unspecified atom stereocenters. The molecule has 3 heterocycles. The summed E-state index contributed by atoms with van der Waals surface area (Å²) >= 11 is 0. The highest BCUT2D eigenvalue weighted by atomic mass is 16.5. The lowest BCUT2D eigenvalue weighted by atomic mass is 10.2. The Morgan fingerprint density at radius 1 is 1.65 bits per heavy atom. The van der Waals surface area contributed by atoms with Gasteiger partial charge in [0.25, 0.3) is 11.5 Å². The minimum absolute atomic E-state index is 0.0848. The van der Waals surface area contributed by atoms with Crippen molar-refractivity contribution < 1.29 is 9.53 Å². The molecule has 1 fully saturated rings. The van der Waals surface area contributed by atoms with Crippen LogP contribution in [0.3, 0.4) is 0 Å². The largest absolute Gasteiger partial charge is 0.376 e. The molecule has 3 rings (SSSR count). The lowest BCUT2D eigenvalue weighted by Gasteiger charge is -2.09. The zero-order chi connectivity index (χ0) is 14.1. The lowest BCUT2D eigenvalue weighted by molar-refractivity contribution is 0.0853. The molecule has 1 atom stereocenters. The number of nitrogens with one attached hydrogen (secondary N) is 2. The summed E-state index contributed by atoms with van der Waals surface area (Å²) in [7, 11) is 0. The van der Waals surface area contributed by atoms with Crippen molar-refractivity contribution in [3.63, 3.8) is 0 Å². The number of hydrogen-bond acceptors (Lipinski definition) is 4. The Morgan fingerprint density at radius 3 is 3.25 bits per heavy atom. The van der Waals surface area contributed by atoms with E-state index in [-0.39, 0.29) is 23.3 Å². The van der Waals surface area contributed by atoms with Gasteiger partial charge in [-0.15, -0.1) is 0 Å². The van der Waals surface area contributed by atoms with Crippen LogP contribution in [0.25, 0.3) is 5.52 Å². The first-order chi connectivity index (χ1) is 9.63. The summed E-state index contributed by atoms with van der Waals surface area (Å²) in [5.41, 5.74) is 1.03. The van der Waals surface area contributed by atoms with E-state index in [1.165, 1.54) is 10.6 Å². The standard InChI is InChI=1S/C13H16N4O3/c1-8-7-17-11(13(19)15-8)5-10(16-17)12(18)14-6-9-3-2-4-20-9/h5,7,9H,2-4,6H2,1H3,(H,14,18)(H,15,19). The zero-order valence-electron chi connectivity index (χ0n) is 11.2. The van der Waals surface area contributed by atoms with Gasteiger partial charge in [-0.1, -0.05) is 0 Å². The Bertz CT molecular complexity index is 697. The molecule has 0 bridgehead atoms. The maximum atomic E-state index is 12.0. The molecule has 0 aromatic carbocycles. The van der Waals surface area contributed by atoms with Crippen LogP contribution >= 0.6 is 0 Å². The van der Waals surface area contributed by atoms with Gasteiger partial charge in [0.05, 0.1) is 6.10 Å². The van der Waals surface area contributed by atoms with Crippen molar-refractivity contribution in [2.24, 2.45) is 0 Å². The van der Waals surface area contributed by atoms with E-state index in [2.05, 4.69) is 15.4 Å². The minimum Gasteiger partial charge on any atom is -0.376 e. The first kappa shape index (κ1) is 12.9. The van der Waals surface area contributed by atoms with E-state index in [4.69, 9.17) is 4.74 Å². The van der Waals surface area contributed by atoms with Crippen molar-refractivity contribution in [1.82, 2.24) is 19.9 Å². The van der Waals surface area contributed by atoms with Gasteiger partial charge < -0.3 is 15.0 Å². The molecular formula is C13H16N4O3. The Kier molecular flexibility index (Phi) is 3.27. The molecule has 0 saturated carbocycles. The number of rotatable bonds is 3. The predicted octanol–water partition coefficient (Wildman–Crippen LogP) is 0.240. The fraction of sp³-hybridized carbons (Fsp3) is 0.462. The van der Waals surface area contributed by atoms with E-state index >= 15 is 0 Å². The highest BCUT2D eigenvalue weighted by molar-refractivity contribution is 5.93. The topological polar surface area (TPSA) is 88.5 Å². The van der Waals surface area contributed by atoms with Gasteiger partial charge in [0.2, 0.25) is 0 Å². The second kappa shape index (κ2) is 5.09. The van der Waals surface area contributed by atoms with Crippen molar-refractivity contribution in [1.29, 1.82) is 0 Å². The fourth-order valence-electron chi connectivity index (χ4n) is 2.33. The molecule has 7 heteroatoms. The fourth-order valence-corrected chi connectivity index (χ4v) is 2.33. The van der Waals surface area contributed by atoms with Crippen LogP contribution in [0.15, 0.2) is 17.1 Å². The molecule has 0 aliphatic carbocycles. The van der Waals surface area contributed by atoms with Crippen LogP contribution in [0.5, 0.6) is 0 Å². The smallest absolute Gasteiger partial charge is 0.274 e. The summed E-state index contributed by atoms with van der Waals surface area (Å²) in [5.74, 6) is -0.291. The van der Waals surface area contributed by atoms with Crippen LogP contribution in [-0.2, 0) is 4.74 Å². The quantitative estimate of drug-likeness (QED) is 0.840. The van der Waals surface area contributed by atoms with Gasteiger partial charge in [-0.05, 0) is 19.8 Å². The number of carbonyl (C=O) groups excluding carboxylic acids is 1. The summed E-state index contributed by atoms with van der Waals surface area (Å²) in [6, 6.07) is 1.49. The Balaban J connectivity index is 1.77. The van der Waals surface area contributed by atoms with E-state index in [9.17, 15) is 9.59 Å². The van der Waals surface area contributed by atoms with Crippen molar-refractivity contribution in [2.75, 3.05) is 13.2 Å². The molecule has 1 saturated heterocycles. The Hall–Kier alpha value is -2.15. The monoisotopic (exact) mass is 276 g/mol. The maximum Gasteiger partial charge on any atom is 0.274 e. The average Bonchev–Trinajstić information content (AvgIpc) is 3.04. The van der Waals surface area contributed by atoms with Gasteiger partial charge in [0.1, 0.15) is 5.52 Å². The van der Waals surface area contributed by atoms with Gasteiger partial charge in [-0.3, -0.25) is 9.59 Å². The average molecular weight is 276 g/mol. The summed E-state index contributed by atoms with van der Waals surface area (Å²) in [6.45, 7) is 2.99. The van der Waals surface area contributed by atoms with Gasteiger partial charge in [0, 0.05) is 31.1 Å². The van der Waals surface area contributed by atoms with Crippen LogP contribution in [0.1, 0.15) is 29.0 Å². The molecule has 7 nitrogen and oxygen atoms in total. The van der Waals surface area contributed by atoms with E-state index in [0.29, 0.717) is 17.8 Å². The highest BCUT2D eigenvalue weighted by Crippen LogP contribution is 2.11. The molecule has 2 aromatic rings. The molecule has 1 aliphatic rings. The number of amides is 1. The maximum absolute atomic E-state index is 12.0. The molecule has 1 amide bonds. The third-order valence-corrected chi connectivity index (χ3v) is 3.34. The van der Waals surface area contributed by atoms with Crippen molar-refractivity contribution in [2.45, 2.75) is 25.9 Å². The van der Waals surface area contributed by atoms with Gasteiger partial charge in [0.15, 0.2) is 5.69 Å². The third kappa shape index (κ3) is 2.44. The van der Waals surface area contributed by atoms with Gasteiger partial charge in [-0.25, -0.2) is 4.52 Å². The van der Waals surface area contributed by atoms with E-state index in [1.807, 2.05) is 0 Å². The minimum atomic E-state index is -0.291. The number of hydrogen-bond donors (Lipinski definition) is 2. The predicted molar refractivity (Wildman–Crippen MR) is 71.9 cm³/mol. The van der Waals surface area contributed by atoms with Gasteiger partial charge in [-0.2, -0.15) is 5.10 Å². The first-order valence-corrected chi connectivity index (χ1v) is 6.62. The third-order valence-electron chi connectivity index (χ3n) is 3.34. The number of aromatic amines is 1. The number of aromatic nitrogens is 3. The molecule has 2 N–H and O–H groups in total. The van der Waals surface area contributed by atoms with Crippen molar-refractivity contribution in [3.8, 4) is 0 Å². The molecule has 106 valence electrons. The SMILES string of the molecule is Cc1cn2nc(C(=O)NCC3CCCO3)cc2c(=O)[nH]1. The van der Waals surface area contributed by atoms with Crippen LogP contribution in [0.2, 0.25) is 0 Å². The van der Waals surface area contributed by atoms with Crippen LogP contribution in [0.4, 0.5) is 0 Å². The molecular weight excluding hydrogens is 260 g/mol. The van der Waals surface area contributed by atoms with Crippen LogP contribution in [0, 0.1) is 6.92 Å². The molecule has 1 aliphatic heterocycles. The molecule has 0 radical (unpaired) electrons. The van der Waals surface area contributed by atoms with E-state index in [0.717, 1.165) is 19.4 Å². The normalized spacial score (nSPS) is 18.6. The van der Waals surface area contributed by atoms with E-state index < -0.39 is 0 Å². The first-order valence-electron chi connectivity index (χ1n) is 6.62. The summed E-state index contributed by atoms with van der Waals surface area (Å²) in [6.07, 6.45) is 3.75. The van der Waals surface area contributed by atoms with Crippen molar-refractivity contribution >= 4 is 11.4 Å². The number of fused-ring (bicyclic) bond motifs is 1. The zero-order valence-corrected chi connectivity index (χ0v) is 11.2. The number of H-pyrrole nitrogens is 1. The van der Waals surface area contributed by atoms with Crippen LogP contribution in [-0.4, -0.2) is 39.8 Å². The second-order valence-corrected chi connectivity index (χ2v) is 4.97. The number of aryl methyl sites for hydroxylation is 1. The summed E-state index contributed by atoms with van der Waals surface area (Å²) in [5, 5.41) is 6.91. The van der Waals surface area contributed by atoms with Crippen molar-refractivity contribution in [3.05, 3.63) is 34.0 Å². The second-order valence-electron chi connectivity index (χ2n) is 4.97. The Morgan fingerprint density at radius 2 is 2.50 bits per heavy atom. The van der Waals surface area contributed by atoms with Crippen LogP contribution < -0.4 is 10.9 Å². The molecule has 20 heavy (non-hydrogen) atoms. The lowest BCUT2D eigenvalue weighted by Crippen LogP contribution is -2.32. The highest BCUT2D eigenvalue weighted by Gasteiger charge is 2.18. The number of ether oxygens (including phenoxy) is 1. The molecule has 2 aromatic heterocycles.